The maximum absolute atomic E-state index is 12.2. The molecule has 2 fully saturated rings. The normalized spacial score (nSPS) is 25.3. The molecule has 3 atom stereocenters. The van der Waals surface area contributed by atoms with Crippen LogP contribution in [0.5, 0.6) is 0 Å². The molecule has 0 aromatic carbocycles. The third kappa shape index (κ3) is 8.43. The van der Waals surface area contributed by atoms with E-state index in [0.29, 0.717) is 0 Å². The first-order valence-corrected chi connectivity index (χ1v) is 15.5. The number of aliphatic hydroxyl groups is 2. The standard InChI is InChI=1S/C17H34O8P2S2/c18-11-17(12-19,13-23-26(20,21)25-27(22,28)29)16(14-7-3-1-4-8-14)24-15-9-5-2-6-10-15/h14-16,18-19H,1-13H2,(H,20,21)(H2,22,28,29). The van der Waals surface area contributed by atoms with Gasteiger partial charge in [0.05, 0.1) is 37.4 Å². The average Bonchev–Trinajstić information content (AvgIpc) is 2.68. The number of phosphoric ester groups is 1. The van der Waals surface area contributed by atoms with Gasteiger partial charge in [0.15, 0.2) is 0 Å². The Kier molecular flexibility index (Phi) is 10.6. The van der Waals surface area contributed by atoms with Gasteiger partial charge < -0.3 is 24.7 Å². The van der Waals surface area contributed by atoms with E-state index in [4.69, 9.17) is 9.26 Å². The van der Waals surface area contributed by atoms with Crippen molar-refractivity contribution in [3.05, 3.63) is 0 Å². The van der Waals surface area contributed by atoms with Crippen molar-refractivity contribution in [1.82, 2.24) is 0 Å². The molecule has 0 bridgehead atoms. The molecule has 2 saturated carbocycles. The van der Waals surface area contributed by atoms with E-state index in [9.17, 15) is 24.6 Å². The van der Waals surface area contributed by atoms with Crippen molar-refractivity contribution >= 4 is 37.6 Å². The zero-order valence-corrected chi connectivity index (χ0v) is 20.1. The third-order valence-electron chi connectivity index (χ3n) is 5.93. The van der Waals surface area contributed by atoms with Crippen molar-refractivity contribution in [2.75, 3.05) is 19.8 Å². The van der Waals surface area contributed by atoms with Crippen molar-refractivity contribution in [2.45, 2.75) is 76.4 Å². The van der Waals surface area contributed by atoms with Gasteiger partial charge in [-0.1, -0.05) is 50.8 Å². The second-order valence-corrected chi connectivity index (χ2v) is 15.0. The van der Waals surface area contributed by atoms with Crippen LogP contribution in [-0.2, 0) is 29.9 Å². The zero-order valence-electron chi connectivity index (χ0n) is 16.6. The van der Waals surface area contributed by atoms with Crippen LogP contribution in [0.4, 0.5) is 0 Å². The first-order valence-electron chi connectivity index (χ1n) is 10.2. The molecule has 3 unspecified atom stereocenters. The number of thiol groups is 1. The molecule has 29 heavy (non-hydrogen) atoms. The van der Waals surface area contributed by atoms with Crippen LogP contribution in [0.3, 0.4) is 0 Å². The van der Waals surface area contributed by atoms with Crippen LogP contribution in [0.25, 0.3) is 0 Å². The summed E-state index contributed by atoms with van der Waals surface area (Å²) in [4.78, 5) is 19.3. The van der Waals surface area contributed by atoms with E-state index in [1.807, 2.05) is 0 Å². The molecule has 0 saturated heterocycles. The molecular weight excluding hydrogens is 458 g/mol. The number of ether oxygens (including phenoxy) is 1. The maximum atomic E-state index is 12.2. The lowest BCUT2D eigenvalue weighted by molar-refractivity contribution is -0.166. The van der Waals surface area contributed by atoms with Gasteiger partial charge in [0.1, 0.15) is 0 Å². The molecule has 12 heteroatoms. The first kappa shape index (κ1) is 26.2. The van der Waals surface area contributed by atoms with Gasteiger partial charge in [-0.3, -0.25) is 4.52 Å². The summed E-state index contributed by atoms with van der Waals surface area (Å²) in [6.07, 6.45) is 9.70. The van der Waals surface area contributed by atoms with E-state index in [0.717, 1.165) is 57.8 Å². The van der Waals surface area contributed by atoms with E-state index in [1.165, 1.54) is 6.42 Å². The minimum atomic E-state index is -4.72. The molecule has 8 nitrogen and oxygen atoms in total. The van der Waals surface area contributed by atoms with Crippen LogP contribution < -0.4 is 0 Å². The summed E-state index contributed by atoms with van der Waals surface area (Å²) in [7, 11) is -4.72. The highest BCUT2D eigenvalue weighted by Crippen LogP contribution is 2.63. The van der Waals surface area contributed by atoms with E-state index in [1.54, 1.807) is 0 Å². The van der Waals surface area contributed by atoms with Gasteiger partial charge in [0.25, 0.3) is 5.69 Å². The lowest BCUT2D eigenvalue weighted by Gasteiger charge is -2.45. The lowest BCUT2D eigenvalue weighted by Crippen LogP contribution is -2.52. The molecule has 4 N–H and O–H groups in total. The smallest absolute Gasteiger partial charge is 0.396 e. The highest BCUT2D eigenvalue weighted by Gasteiger charge is 2.47. The lowest BCUT2D eigenvalue weighted by atomic mass is 9.72. The molecular formula is C17H34O8P2S2. The minimum absolute atomic E-state index is 0.0337. The Bertz CT molecular complexity index is 586. The number of rotatable bonds is 11. The summed E-state index contributed by atoms with van der Waals surface area (Å²) < 4.78 is 28.2. The molecule has 0 aromatic rings. The van der Waals surface area contributed by atoms with Gasteiger partial charge in [-0.15, -0.1) is 0 Å². The Morgan fingerprint density at radius 3 is 2.00 bits per heavy atom. The SMILES string of the molecule is O=P(O)(OCC(CO)(CO)C(OC1CCCCC1)C1CCCCC1)OP(O)(=S)S. The van der Waals surface area contributed by atoms with Crippen LogP contribution in [0.1, 0.15) is 64.2 Å². The summed E-state index contributed by atoms with van der Waals surface area (Å²) >= 11 is 8.13. The molecule has 0 aliphatic heterocycles. The number of hydrogen-bond donors (Lipinski definition) is 5. The monoisotopic (exact) mass is 492 g/mol. The second-order valence-electron chi connectivity index (χ2n) is 8.21. The highest BCUT2D eigenvalue weighted by atomic mass is 32.9. The molecule has 0 aromatic heterocycles. The number of hydrogen-bond acceptors (Lipinski definition) is 7. The summed E-state index contributed by atoms with van der Waals surface area (Å²) in [5.74, 6) is 0.112. The topological polar surface area (TPSA) is 126 Å². The molecule has 0 spiro atoms. The van der Waals surface area contributed by atoms with E-state index >= 15 is 0 Å². The molecule has 0 amide bonds. The van der Waals surface area contributed by atoms with Crippen LogP contribution in [0.2, 0.25) is 0 Å². The molecule has 2 aliphatic carbocycles. The third-order valence-corrected chi connectivity index (χ3v) is 9.32. The van der Waals surface area contributed by atoms with E-state index in [-0.39, 0.29) is 12.0 Å². The average molecular weight is 493 g/mol. The fourth-order valence-corrected chi connectivity index (χ4v) is 7.65. The fraction of sp³-hybridized carbons (Fsp3) is 1.00. The van der Waals surface area contributed by atoms with Gasteiger partial charge in [0, 0.05) is 0 Å². The van der Waals surface area contributed by atoms with E-state index < -0.39 is 44.9 Å². The molecule has 172 valence electrons. The van der Waals surface area contributed by atoms with Gasteiger partial charge in [-0.2, -0.15) is 0 Å². The predicted octanol–water partition coefficient (Wildman–Crippen LogP) is 3.54. The molecule has 2 rings (SSSR count). The Balaban J connectivity index is 2.20. The van der Waals surface area contributed by atoms with Gasteiger partial charge >= 0.3 is 7.82 Å². The number of phosphoric acid groups is 1. The van der Waals surface area contributed by atoms with Crippen molar-refractivity contribution in [3.63, 3.8) is 0 Å². The highest BCUT2D eigenvalue weighted by molar-refractivity contribution is 8.60. The summed E-state index contributed by atoms with van der Waals surface area (Å²) in [5, 5.41) is 20.5. The zero-order chi connectivity index (χ0) is 21.5. The molecule has 2 aliphatic rings. The van der Waals surface area contributed by atoms with Crippen LogP contribution in [0, 0.1) is 11.3 Å². The van der Waals surface area contributed by atoms with Crippen LogP contribution in [-0.4, -0.2) is 52.0 Å². The van der Waals surface area contributed by atoms with Crippen LogP contribution in [0.15, 0.2) is 0 Å². The van der Waals surface area contributed by atoms with Crippen molar-refractivity contribution in [1.29, 1.82) is 0 Å². The molecule has 0 heterocycles. The van der Waals surface area contributed by atoms with Gasteiger partial charge in [-0.05, 0) is 43.4 Å². The Hall–Kier alpha value is 0.950. The largest absolute Gasteiger partial charge is 0.478 e. The number of aliphatic hydroxyl groups excluding tert-OH is 2. The van der Waals surface area contributed by atoms with Gasteiger partial charge in [0.2, 0.25) is 0 Å². The summed E-state index contributed by atoms with van der Waals surface area (Å²) in [5.41, 5.74) is -5.01. The Morgan fingerprint density at radius 2 is 1.52 bits per heavy atom. The van der Waals surface area contributed by atoms with Gasteiger partial charge in [-0.25, -0.2) is 8.88 Å². The Morgan fingerprint density at radius 1 is 1.00 bits per heavy atom. The summed E-state index contributed by atoms with van der Waals surface area (Å²) in [6.45, 7) is -1.43. The Labute approximate surface area is 183 Å². The van der Waals surface area contributed by atoms with Crippen LogP contribution >= 0.6 is 25.8 Å². The quantitative estimate of drug-likeness (QED) is 0.217. The minimum Gasteiger partial charge on any atom is -0.396 e. The predicted molar refractivity (Wildman–Crippen MR) is 117 cm³/mol. The maximum Gasteiger partial charge on any atom is 0.478 e. The van der Waals surface area contributed by atoms with Crippen molar-refractivity contribution in [2.24, 2.45) is 11.3 Å². The fourth-order valence-electron chi connectivity index (χ4n) is 4.37. The summed E-state index contributed by atoms with van der Waals surface area (Å²) in [6, 6.07) is 0. The first-order chi connectivity index (χ1) is 13.6. The van der Waals surface area contributed by atoms with E-state index in [2.05, 4.69) is 28.4 Å². The van der Waals surface area contributed by atoms with Crippen molar-refractivity contribution < 1.29 is 38.1 Å². The molecule has 0 radical (unpaired) electrons. The van der Waals surface area contributed by atoms with Crippen molar-refractivity contribution in [3.8, 4) is 0 Å². The second kappa shape index (κ2) is 11.7.